The number of aliphatic hydroxyl groups is 2. The van der Waals surface area contributed by atoms with Crippen LogP contribution in [0.1, 0.15) is 246 Å². The van der Waals surface area contributed by atoms with Gasteiger partial charge < -0.3 is 10.2 Å². The third-order valence-corrected chi connectivity index (χ3v) is 12.7. The van der Waals surface area contributed by atoms with E-state index in [2.05, 4.69) is 27.7 Å². The highest BCUT2D eigenvalue weighted by molar-refractivity contribution is 7.99. The highest BCUT2D eigenvalue weighted by Crippen LogP contribution is 2.34. The minimum absolute atomic E-state index is 0.0191. The van der Waals surface area contributed by atoms with Crippen LogP contribution in [0, 0.1) is 10.8 Å². The second-order valence-electron chi connectivity index (χ2n) is 16.5. The van der Waals surface area contributed by atoms with E-state index in [-0.39, 0.29) is 24.0 Å². The molecule has 284 valence electrons. The zero-order valence-electron chi connectivity index (χ0n) is 33.2. The number of thioether (sulfide) groups is 1. The lowest BCUT2D eigenvalue weighted by atomic mass is 9.87. The molecule has 0 spiro atoms. The molecule has 0 saturated carbocycles. The molecule has 0 bridgehead atoms. The molecule has 0 aliphatic heterocycles. The zero-order valence-corrected chi connectivity index (χ0v) is 34.0. The van der Waals surface area contributed by atoms with Crippen LogP contribution in [0.5, 0.6) is 0 Å². The first kappa shape index (κ1) is 47.3. The van der Waals surface area contributed by atoms with Crippen LogP contribution < -0.4 is 0 Å². The zero-order chi connectivity index (χ0) is 34.6. The fraction of sp³-hybridized carbons (Fsp3) is 1.00. The van der Waals surface area contributed by atoms with Gasteiger partial charge in [-0.3, -0.25) is 0 Å². The molecule has 0 aromatic rings. The summed E-state index contributed by atoms with van der Waals surface area (Å²) in [5, 5.41) is 20.4. The maximum Gasteiger partial charge on any atom is 0.0492 e. The summed E-state index contributed by atoms with van der Waals surface area (Å²) < 4.78 is 0. The molecule has 3 heteroatoms. The number of rotatable bonds is 40. The Bertz CT molecular complexity index is 547. The minimum Gasteiger partial charge on any atom is -0.396 e. The SMILES string of the molecule is CCCCCCCCCCCCCCCCCCC(C)(CO)CSCC(C)(CO)CCCCCCCCCCCCCCCCCC. The summed E-state index contributed by atoms with van der Waals surface area (Å²) in [7, 11) is 0. The number of hydrogen-bond donors (Lipinski definition) is 2. The smallest absolute Gasteiger partial charge is 0.0492 e. The molecule has 47 heavy (non-hydrogen) atoms. The van der Waals surface area contributed by atoms with Gasteiger partial charge >= 0.3 is 0 Å². The Hall–Kier alpha value is 0.270. The van der Waals surface area contributed by atoms with E-state index in [1.807, 2.05) is 11.8 Å². The van der Waals surface area contributed by atoms with Crippen molar-refractivity contribution in [3.8, 4) is 0 Å². The highest BCUT2D eigenvalue weighted by atomic mass is 32.2. The second-order valence-corrected chi connectivity index (χ2v) is 17.5. The third-order valence-electron chi connectivity index (χ3n) is 10.9. The van der Waals surface area contributed by atoms with Gasteiger partial charge in [0.05, 0.1) is 0 Å². The van der Waals surface area contributed by atoms with Crippen molar-refractivity contribution in [3.63, 3.8) is 0 Å². The van der Waals surface area contributed by atoms with Gasteiger partial charge in [-0.1, -0.05) is 233 Å². The van der Waals surface area contributed by atoms with Crippen molar-refractivity contribution < 1.29 is 10.2 Å². The van der Waals surface area contributed by atoms with Crippen LogP contribution in [0.25, 0.3) is 0 Å². The molecule has 0 amide bonds. The Kier molecular flexibility index (Phi) is 36.3. The predicted octanol–water partition coefficient (Wildman–Crippen LogP) is 15.0. The molecule has 0 aliphatic carbocycles. The van der Waals surface area contributed by atoms with E-state index >= 15 is 0 Å². The van der Waals surface area contributed by atoms with Gasteiger partial charge in [-0.2, -0.15) is 11.8 Å². The molecule has 2 N–H and O–H groups in total. The molecule has 0 rings (SSSR count). The summed E-state index contributed by atoms with van der Waals surface area (Å²) in [6.45, 7) is 9.71. The van der Waals surface area contributed by atoms with E-state index in [0.29, 0.717) is 0 Å². The Morgan fingerprint density at radius 1 is 0.319 bits per heavy atom. The summed E-state index contributed by atoms with van der Waals surface area (Å²) in [5.74, 6) is 2.02. The number of aliphatic hydroxyl groups excluding tert-OH is 2. The van der Waals surface area contributed by atoms with Crippen molar-refractivity contribution in [2.75, 3.05) is 24.7 Å². The largest absolute Gasteiger partial charge is 0.396 e. The quantitative estimate of drug-likeness (QED) is 0.0632. The van der Waals surface area contributed by atoms with Crippen LogP contribution in [-0.4, -0.2) is 34.9 Å². The first-order valence-corrected chi connectivity index (χ1v) is 22.9. The predicted molar refractivity (Wildman–Crippen MR) is 216 cm³/mol. The van der Waals surface area contributed by atoms with Gasteiger partial charge in [-0.25, -0.2) is 0 Å². The van der Waals surface area contributed by atoms with Crippen LogP contribution in [0.15, 0.2) is 0 Å². The number of hydrogen-bond acceptors (Lipinski definition) is 3. The molecule has 0 aliphatic rings. The van der Waals surface area contributed by atoms with Gasteiger partial charge in [0, 0.05) is 24.7 Å². The first-order valence-electron chi connectivity index (χ1n) is 21.7. The van der Waals surface area contributed by atoms with Gasteiger partial charge in [0.15, 0.2) is 0 Å². The van der Waals surface area contributed by atoms with Crippen LogP contribution in [0.2, 0.25) is 0 Å². The maximum absolute atomic E-state index is 10.2. The highest BCUT2D eigenvalue weighted by Gasteiger charge is 2.27. The summed E-state index contributed by atoms with van der Waals surface area (Å²) in [6, 6.07) is 0. The van der Waals surface area contributed by atoms with Crippen molar-refractivity contribution in [1.82, 2.24) is 0 Å². The Morgan fingerprint density at radius 3 is 0.702 bits per heavy atom. The van der Waals surface area contributed by atoms with Crippen molar-refractivity contribution in [1.29, 1.82) is 0 Å². The summed E-state index contributed by atoms with van der Waals surface area (Å²) in [5.41, 5.74) is 0.0383. The van der Waals surface area contributed by atoms with Gasteiger partial charge in [0.2, 0.25) is 0 Å². The average Bonchev–Trinajstić information content (AvgIpc) is 3.08. The standard InChI is InChI=1S/C44H90O2S/c1-5-7-9-11-13-15-17-19-21-23-25-27-29-31-33-35-37-43(3,39-45)41-47-42-44(4,40-46)38-36-34-32-30-28-26-24-22-20-18-16-14-12-10-8-6-2/h45-46H,5-42H2,1-4H3. The molecule has 2 nitrogen and oxygen atoms in total. The molecule has 0 radical (unpaired) electrons. The molecule has 2 unspecified atom stereocenters. The Morgan fingerprint density at radius 2 is 0.511 bits per heavy atom. The van der Waals surface area contributed by atoms with E-state index in [0.717, 1.165) is 24.3 Å². The Balaban J connectivity index is 3.71. The van der Waals surface area contributed by atoms with E-state index in [1.165, 1.54) is 205 Å². The normalized spacial score (nSPS) is 14.4. The molecule has 0 aromatic carbocycles. The Labute approximate surface area is 302 Å². The third kappa shape index (κ3) is 33.2. The lowest BCUT2D eigenvalue weighted by Gasteiger charge is -2.31. The van der Waals surface area contributed by atoms with Gasteiger partial charge in [-0.15, -0.1) is 0 Å². The summed E-state index contributed by atoms with van der Waals surface area (Å²) in [6.07, 6.45) is 47.2. The van der Waals surface area contributed by atoms with Crippen molar-refractivity contribution in [2.24, 2.45) is 10.8 Å². The van der Waals surface area contributed by atoms with Crippen molar-refractivity contribution in [2.45, 2.75) is 246 Å². The van der Waals surface area contributed by atoms with Crippen LogP contribution in [0.3, 0.4) is 0 Å². The lowest BCUT2D eigenvalue weighted by molar-refractivity contribution is 0.146. The molecule has 0 saturated heterocycles. The van der Waals surface area contributed by atoms with Crippen LogP contribution in [0.4, 0.5) is 0 Å². The monoisotopic (exact) mass is 683 g/mol. The van der Waals surface area contributed by atoms with E-state index in [1.54, 1.807) is 0 Å². The topological polar surface area (TPSA) is 40.5 Å². The van der Waals surface area contributed by atoms with Crippen LogP contribution >= 0.6 is 11.8 Å². The van der Waals surface area contributed by atoms with Crippen molar-refractivity contribution >= 4 is 11.8 Å². The molecule has 0 fully saturated rings. The first-order chi connectivity index (χ1) is 22.9. The van der Waals surface area contributed by atoms with Gasteiger partial charge in [0.25, 0.3) is 0 Å². The van der Waals surface area contributed by atoms with E-state index < -0.39 is 0 Å². The van der Waals surface area contributed by atoms with Crippen molar-refractivity contribution in [3.05, 3.63) is 0 Å². The lowest BCUT2D eigenvalue weighted by Crippen LogP contribution is -2.28. The van der Waals surface area contributed by atoms with Crippen LogP contribution in [-0.2, 0) is 0 Å². The minimum atomic E-state index is 0.0191. The maximum atomic E-state index is 10.2. The molecular weight excluding hydrogens is 593 g/mol. The summed E-state index contributed by atoms with van der Waals surface area (Å²) >= 11 is 1.97. The molecular formula is C44H90O2S. The fourth-order valence-electron chi connectivity index (χ4n) is 7.14. The second kappa shape index (κ2) is 36.1. The average molecular weight is 683 g/mol. The van der Waals surface area contributed by atoms with Gasteiger partial charge in [-0.05, 0) is 23.7 Å². The van der Waals surface area contributed by atoms with Gasteiger partial charge in [0.1, 0.15) is 0 Å². The molecule has 0 aromatic heterocycles. The molecule has 0 heterocycles. The van der Waals surface area contributed by atoms with E-state index in [9.17, 15) is 10.2 Å². The number of unbranched alkanes of at least 4 members (excludes halogenated alkanes) is 30. The summed E-state index contributed by atoms with van der Waals surface area (Å²) in [4.78, 5) is 0. The van der Waals surface area contributed by atoms with E-state index in [4.69, 9.17) is 0 Å². The molecule has 2 atom stereocenters. The fourth-order valence-corrected chi connectivity index (χ4v) is 8.70.